The summed E-state index contributed by atoms with van der Waals surface area (Å²) < 4.78 is 10.6. The van der Waals surface area contributed by atoms with Crippen LogP contribution in [0.15, 0.2) is 72.4 Å². The number of hydrogen-bond acceptors (Lipinski definition) is 6. The molecule has 168 valence electrons. The predicted molar refractivity (Wildman–Crippen MR) is 124 cm³/mol. The molecule has 33 heavy (non-hydrogen) atoms. The Morgan fingerprint density at radius 1 is 1.00 bits per heavy atom. The summed E-state index contributed by atoms with van der Waals surface area (Å²) in [6.07, 6.45) is 2.44. The van der Waals surface area contributed by atoms with E-state index in [0.717, 1.165) is 12.0 Å². The van der Waals surface area contributed by atoms with E-state index in [0.29, 0.717) is 28.4 Å². The minimum absolute atomic E-state index is 0.0366. The molecule has 7 heteroatoms. The predicted octanol–water partition coefficient (Wildman–Crippen LogP) is 4.29. The lowest BCUT2D eigenvalue weighted by atomic mass is 9.98. The number of aromatic nitrogens is 1. The largest absolute Gasteiger partial charge is 0.507 e. The molecule has 1 aromatic heterocycles. The van der Waals surface area contributed by atoms with Crippen molar-refractivity contribution in [1.29, 1.82) is 0 Å². The van der Waals surface area contributed by atoms with Crippen molar-refractivity contribution >= 4 is 23.1 Å². The van der Waals surface area contributed by atoms with Crippen LogP contribution >= 0.6 is 0 Å². The van der Waals surface area contributed by atoms with Crippen LogP contribution in [0.5, 0.6) is 11.5 Å². The summed E-state index contributed by atoms with van der Waals surface area (Å²) >= 11 is 0. The Morgan fingerprint density at radius 2 is 1.73 bits per heavy atom. The Bertz CT molecular complexity index is 1220. The first-order valence-corrected chi connectivity index (χ1v) is 10.5. The Hall–Kier alpha value is -4.13. The zero-order valence-electron chi connectivity index (χ0n) is 18.6. The van der Waals surface area contributed by atoms with Crippen molar-refractivity contribution in [2.24, 2.45) is 0 Å². The van der Waals surface area contributed by atoms with Crippen LogP contribution in [0.1, 0.15) is 29.8 Å². The number of carbonyl (C=O) groups is 2. The average Bonchev–Trinajstić information content (AvgIpc) is 3.14. The number of carbonyl (C=O) groups excluding carboxylic acids is 2. The van der Waals surface area contributed by atoms with E-state index in [1.807, 2.05) is 19.1 Å². The van der Waals surface area contributed by atoms with Crippen LogP contribution < -0.4 is 14.4 Å². The molecule has 1 saturated heterocycles. The van der Waals surface area contributed by atoms with Crippen LogP contribution in [0.2, 0.25) is 0 Å². The molecule has 2 heterocycles. The van der Waals surface area contributed by atoms with Gasteiger partial charge in [0.15, 0.2) is 11.5 Å². The number of ketones is 1. The molecule has 1 atom stereocenters. The highest BCUT2D eigenvalue weighted by molar-refractivity contribution is 6.51. The van der Waals surface area contributed by atoms with Gasteiger partial charge in [0.1, 0.15) is 11.8 Å². The number of nitrogens with zero attached hydrogens (tertiary/aromatic N) is 2. The molecular weight excluding hydrogens is 420 g/mol. The standard InChI is InChI=1S/C26H24N2O5/c1-4-16-8-11-18(12-9-16)28-23(19-7-5-6-14-27-19)22(25(30)26(28)31)24(29)17-10-13-20(32-2)21(15-17)33-3/h5-15,23,29H,4H2,1-3H3/b24-22-. The SMILES string of the molecule is CCc1ccc(N2C(=O)C(=O)/C(=C(\O)c3ccc(OC)c(OC)c3)C2c2ccccn2)cc1. The van der Waals surface area contributed by atoms with Gasteiger partial charge in [-0.1, -0.05) is 25.1 Å². The summed E-state index contributed by atoms with van der Waals surface area (Å²) in [5, 5.41) is 11.2. The number of Topliss-reactive ketones (excluding diaryl/α,β-unsaturated/α-hetero) is 1. The van der Waals surface area contributed by atoms with E-state index in [1.165, 1.54) is 19.1 Å². The highest BCUT2D eigenvalue weighted by Gasteiger charge is 2.47. The molecule has 1 aliphatic rings. The van der Waals surface area contributed by atoms with Gasteiger partial charge < -0.3 is 14.6 Å². The van der Waals surface area contributed by atoms with Gasteiger partial charge in [-0.05, 0) is 54.4 Å². The number of aryl methyl sites for hydroxylation is 1. The number of aliphatic hydroxyl groups is 1. The molecule has 0 spiro atoms. The molecule has 0 radical (unpaired) electrons. The molecule has 4 rings (SSSR count). The van der Waals surface area contributed by atoms with Crippen molar-refractivity contribution < 1.29 is 24.2 Å². The number of rotatable bonds is 6. The molecule has 1 unspecified atom stereocenters. The fourth-order valence-corrected chi connectivity index (χ4v) is 3.95. The van der Waals surface area contributed by atoms with E-state index in [4.69, 9.17) is 9.47 Å². The number of anilines is 1. The van der Waals surface area contributed by atoms with Gasteiger partial charge in [-0.15, -0.1) is 0 Å². The van der Waals surface area contributed by atoms with E-state index < -0.39 is 17.7 Å². The van der Waals surface area contributed by atoms with Gasteiger partial charge >= 0.3 is 0 Å². The van der Waals surface area contributed by atoms with Crippen LogP contribution in [-0.2, 0) is 16.0 Å². The van der Waals surface area contributed by atoms with Crippen molar-refractivity contribution in [2.45, 2.75) is 19.4 Å². The second kappa shape index (κ2) is 9.16. The van der Waals surface area contributed by atoms with Crippen LogP contribution in [0, 0.1) is 0 Å². The molecule has 1 fully saturated rings. The van der Waals surface area contributed by atoms with E-state index in [9.17, 15) is 14.7 Å². The lowest BCUT2D eigenvalue weighted by molar-refractivity contribution is -0.132. The van der Waals surface area contributed by atoms with Gasteiger partial charge in [0.05, 0.1) is 25.5 Å². The molecule has 0 bridgehead atoms. The molecular formula is C26H24N2O5. The highest BCUT2D eigenvalue weighted by atomic mass is 16.5. The first-order chi connectivity index (χ1) is 16.0. The average molecular weight is 444 g/mol. The maximum atomic E-state index is 13.2. The fraction of sp³-hybridized carbons (Fsp3) is 0.192. The molecule has 0 aliphatic carbocycles. The van der Waals surface area contributed by atoms with Gasteiger partial charge in [-0.3, -0.25) is 19.5 Å². The van der Waals surface area contributed by atoms with Gasteiger partial charge in [0.25, 0.3) is 11.7 Å². The molecule has 0 saturated carbocycles. The topological polar surface area (TPSA) is 89.0 Å². The van der Waals surface area contributed by atoms with Crippen molar-refractivity contribution in [3.8, 4) is 11.5 Å². The highest BCUT2D eigenvalue weighted by Crippen LogP contribution is 2.42. The number of pyridine rings is 1. The van der Waals surface area contributed by atoms with Crippen LogP contribution in [-0.4, -0.2) is 36.0 Å². The summed E-state index contributed by atoms with van der Waals surface area (Å²) in [7, 11) is 2.99. The van der Waals surface area contributed by atoms with Gasteiger partial charge in [-0.25, -0.2) is 0 Å². The number of methoxy groups -OCH3 is 2. The van der Waals surface area contributed by atoms with E-state index >= 15 is 0 Å². The number of benzene rings is 2. The van der Waals surface area contributed by atoms with Crippen LogP contribution in [0.4, 0.5) is 5.69 Å². The summed E-state index contributed by atoms with van der Waals surface area (Å²) in [4.78, 5) is 32.1. The third-order valence-electron chi connectivity index (χ3n) is 5.69. The number of ether oxygens (including phenoxy) is 2. The Morgan fingerprint density at radius 3 is 2.33 bits per heavy atom. The lowest BCUT2D eigenvalue weighted by Crippen LogP contribution is -2.29. The molecule has 1 aliphatic heterocycles. The smallest absolute Gasteiger partial charge is 0.300 e. The first kappa shape index (κ1) is 22.1. The summed E-state index contributed by atoms with van der Waals surface area (Å²) in [6, 6.07) is 16.6. The summed E-state index contributed by atoms with van der Waals surface area (Å²) in [5.74, 6) is -0.945. The second-order valence-corrected chi connectivity index (χ2v) is 7.51. The second-order valence-electron chi connectivity index (χ2n) is 7.51. The normalized spacial score (nSPS) is 17.3. The minimum Gasteiger partial charge on any atom is -0.507 e. The van der Waals surface area contributed by atoms with Crippen molar-refractivity contribution in [3.05, 3.63) is 89.3 Å². The Balaban J connectivity index is 1.90. The van der Waals surface area contributed by atoms with E-state index in [1.54, 1.807) is 54.7 Å². The van der Waals surface area contributed by atoms with Crippen LogP contribution in [0.25, 0.3) is 5.76 Å². The third kappa shape index (κ3) is 3.93. The maximum absolute atomic E-state index is 13.2. The van der Waals surface area contributed by atoms with Crippen LogP contribution in [0.3, 0.4) is 0 Å². The first-order valence-electron chi connectivity index (χ1n) is 10.5. The summed E-state index contributed by atoms with van der Waals surface area (Å²) in [5.41, 5.74) is 2.42. The van der Waals surface area contributed by atoms with Crippen molar-refractivity contribution in [1.82, 2.24) is 4.98 Å². The zero-order valence-corrected chi connectivity index (χ0v) is 18.6. The van der Waals surface area contributed by atoms with Crippen molar-refractivity contribution in [2.75, 3.05) is 19.1 Å². The number of aliphatic hydroxyl groups excluding tert-OH is 1. The summed E-state index contributed by atoms with van der Waals surface area (Å²) in [6.45, 7) is 2.04. The molecule has 1 amide bonds. The molecule has 1 N–H and O–H groups in total. The van der Waals surface area contributed by atoms with E-state index in [-0.39, 0.29) is 11.3 Å². The third-order valence-corrected chi connectivity index (χ3v) is 5.69. The van der Waals surface area contributed by atoms with Gasteiger partial charge in [-0.2, -0.15) is 0 Å². The minimum atomic E-state index is -0.883. The lowest BCUT2D eigenvalue weighted by Gasteiger charge is -2.24. The Labute approximate surface area is 191 Å². The quantitative estimate of drug-likeness (QED) is 0.347. The number of hydrogen-bond donors (Lipinski definition) is 1. The van der Waals surface area contributed by atoms with Crippen molar-refractivity contribution in [3.63, 3.8) is 0 Å². The van der Waals surface area contributed by atoms with Gasteiger partial charge in [0.2, 0.25) is 0 Å². The monoisotopic (exact) mass is 444 g/mol. The maximum Gasteiger partial charge on any atom is 0.300 e. The molecule has 2 aromatic carbocycles. The molecule has 3 aromatic rings. The Kier molecular flexibility index (Phi) is 6.13. The van der Waals surface area contributed by atoms with Gasteiger partial charge in [0, 0.05) is 17.4 Å². The van der Waals surface area contributed by atoms with E-state index in [2.05, 4.69) is 4.98 Å². The molecule has 7 nitrogen and oxygen atoms in total. The fourth-order valence-electron chi connectivity index (χ4n) is 3.95. The zero-order chi connectivity index (χ0) is 23.5. The number of amides is 1.